The van der Waals surface area contributed by atoms with Crippen LogP contribution in [0.3, 0.4) is 0 Å². The van der Waals surface area contributed by atoms with Crippen molar-refractivity contribution in [3.8, 4) is 0 Å². The number of hydrogen-bond donors (Lipinski definition) is 0. The predicted molar refractivity (Wildman–Crippen MR) is 48.1 cm³/mol. The largest absolute Gasteiger partial charge is 0.375 e. The van der Waals surface area contributed by atoms with Crippen LogP contribution in [0.5, 0.6) is 0 Å². The third-order valence-corrected chi connectivity index (χ3v) is 2.32. The van der Waals surface area contributed by atoms with E-state index < -0.39 is 0 Å². The van der Waals surface area contributed by atoms with Gasteiger partial charge in [-0.25, -0.2) is 0 Å². The highest BCUT2D eigenvalue weighted by Gasteiger charge is 2.26. The van der Waals surface area contributed by atoms with Crippen molar-refractivity contribution in [2.24, 2.45) is 5.18 Å². The molecule has 0 radical (unpaired) electrons. The lowest BCUT2D eigenvalue weighted by molar-refractivity contribution is -0.0501. The Morgan fingerprint density at radius 3 is 2.83 bits per heavy atom. The molecule has 0 aromatic carbocycles. The van der Waals surface area contributed by atoms with Gasteiger partial charge in [-0.05, 0) is 26.2 Å². The number of hydrogen-bond acceptors (Lipinski definition) is 3. The summed E-state index contributed by atoms with van der Waals surface area (Å²) in [6.45, 7) is 4.14. The van der Waals surface area contributed by atoms with Gasteiger partial charge in [-0.3, -0.25) is 0 Å². The predicted octanol–water partition coefficient (Wildman–Crippen LogP) is 2.49. The Labute approximate surface area is 73.5 Å². The van der Waals surface area contributed by atoms with Crippen molar-refractivity contribution in [1.82, 2.24) is 0 Å². The van der Waals surface area contributed by atoms with Crippen LogP contribution >= 0.6 is 0 Å². The van der Waals surface area contributed by atoms with Crippen LogP contribution in [0, 0.1) is 4.91 Å². The van der Waals surface area contributed by atoms with Crippen LogP contribution in [0.2, 0.25) is 0 Å². The number of nitrogens with zero attached hydrogens (tertiary/aromatic N) is 1. The molecule has 3 heteroatoms. The van der Waals surface area contributed by atoms with E-state index in [4.69, 9.17) is 4.74 Å². The number of ether oxygens (including phenoxy) is 1. The third kappa shape index (κ3) is 2.55. The van der Waals surface area contributed by atoms with Gasteiger partial charge in [0.25, 0.3) is 0 Å². The zero-order valence-corrected chi connectivity index (χ0v) is 7.82. The highest BCUT2D eigenvalue weighted by Crippen LogP contribution is 2.24. The molecule has 3 nitrogen and oxygen atoms in total. The van der Waals surface area contributed by atoms with E-state index in [0.29, 0.717) is 0 Å². The Morgan fingerprint density at radius 2 is 2.25 bits per heavy atom. The summed E-state index contributed by atoms with van der Waals surface area (Å²) in [5.41, 5.74) is 0. The second-order valence-electron chi connectivity index (χ2n) is 3.59. The molecule has 1 aliphatic heterocycles. The lowest BCUT2D eigenvalue weighted by Crippen LogP contribution is -2.32. The summed E-state index contributed by atoms with van der Waals surface area (Å²) < 4.78 is 5.66. The van der Waals surface area contributed by atoms with E-state index in [2.05, 4.69) is 12.1 Å². The van der Waals surface area contributed by atoms with Gasteiger partial charge in [-0.2, -0.15) is 4.91 Å². The van der Waals surface area contributed by atoms with Crippen LogP contribution in [-0.4, -0.2) is 18.2 Å². The molecule has 1 heterocycles. The van der Waals surface area contributed by atoms with Crippen LogP contribution in [0.4, 0.5) is 0 Å². The smallest absolute Gasteiger partial charge is 0.0968 e. The minimum absolute atomic E-state index is 0.00898. The average Bonchev–Trinajstić information content (AvgIpc) is 2.04. The van der Waals surface area contributed by atoms with E-state index in [1.165, 1.54) is 0 Å². The van der Waals surface area contributed by atoms with Crippen molar-refractivity contribution in [1.29, 1.82) is 0 Å². The van der Waals surface area contributed by atoms with Crippen molar-refractivity contribution >= 4 is 0 Å². The van der Waals surface area contributed by atoms with Gasteiger partial charge in [-0.15, -0.1) is 0 Å². The molecule has 0 spiro atoms. The third-order valence-electron chi connectivity index (χ3n) is 2.32. The maximum atomic E-state index is 10.3. The Morgan fingerprint density at radius 1 is 1.50 bits per heavy atom. The van der Waals surface area contributed by atoms with Gasteiger partial charge in [0, 0.05) is 0 Å². The van der Waals surface area contributed by atoms with E-state index in [1.54, 1.807) is 0 Å². The summed E-state index contributed by atoms with van der Waals surface area (Å²) in [7, 11) is 0. The molecule has 1 rings (SSSR count). The zero-order valence-electron chi connectivity index (χ0n) is 7.82. The van der Waals surface area contributed by atoms with Crippen molar-refractivity contribution in [2.75, 3.05) is 0 Å². The number of rotatable bonds is 3. The number of nitroso groups, excluding NO2 is 1. The van der Waals surface area contributed by atoms with Crippen molar-refractivity contribution in [2.45, 2.75) is 57.8 Å². The molecule has 0 aromatic rings. The SMILES string of the molecule is CCC[C@@H]1CC(N=O)CC(C)O1. The van der Waals surface area contributed by atoms with Gasteiger partial charge in [0.2, 0.25) is 0 Å². The first kappa shape index (κ1) is 9.65. The summed E-state index contributed by atoms with van der Waals surface area (Å²) in [6.07, 6.45) is 4.25. The van der Waals surface area contributed by atoms with E-state index in [-0.39, 0.29) is 18.2 Å². The molecule has 12 heavy (non-hydrogen) atoms. The fourth-order valence-corrected chi connectivity index (χ4v) is 1.82. The second kappa shape index (κ2) is 4.55. The summed E-state index contributed by atoms with van der Waals surface area (Å²) in [4.78, 5) is 10.3. The molecule has 0 aromatic heterocycles. The molecule has 0 bridgehead atoms. The van der Waals surface area contributed by atoms with Crippen molar-refractivity contribution < 1.29 is 4.74 Å². The van der Waals surface area contributed by atoms with E-state index in [0.717, 1.165) is 25.7 Å². The molecular weight excluding hydrogens is 154 g/mol. The van der Waals surface area contributed by atoms with Gasteiger partial charge in [0.15, 0.2) is 0 Å². The molecule has 0 saturated carbocycles. The first-order valence-electron chi connectivity index (χ1n) is 4.74. The zero-order chi connectivity index (χ0) is 8.97. The van der Waals surface area contributed by atoms with Crippen LogP contribution in [0.1, 0.15) is 39.5 Å². The Hall–Kier alpha value is -0.440. The average molecular weight is 171 g/mol. The Kier molecular flexibility index (Phi) is 3.66. The minimum atomic E-state index is -0.00898. The standard InChI is InChI=1S/C9H17NO2/c1-3-4-9-6-8(10-11)5-7(2)12-9/h7-9H,3-6H2,1-2H3/t7?,8?,9-/m1/s1. The van der Waals surface area contributed by atoms with Crippen LogP contribution in [0.15, 0.2) is 5.18 Å². The van der Waals surface area contributed by atoms with Gasteiger partial charge < -0.3 is 4.74 Å². The summed E-state index contributed by atoms with van der Waals surface area (Å²) in [6, 6.07) is -0.00898. The van der Waals surface area contributed by atoms with Crippen molar-refractivity contribution in [3.05, 3.63) is 4.91 Å². The second-order valence-corrected chi connectivity index (χ2v) is 3.59. The maximum Gasteiger partial charge on any atom is 0.0968 e. The maximum absolute atomic E-state index is 10.3. The summed E-state index contributed by atoms with van der Waals surface area (Å²) in [5.74, 6) is 0. The highest BCUT2D eigenvalue weighted by molar-refractivity contribution is 4.79. The highest BCUT2D eigenvalue weighted by atomic mass is 16.5. The van der Waals surface area contributed by atoms with E-state index >= 15 is 0 Å². The molecule has 70 valence electrons. The van der Waals surface area contributed by atoms with E-state index in [9.17, 15) is 4.91 Å². The molecule has 0 aliphatic carbocycles. The van der Waals surface area contributed by atoms with Gasteiger partial charge in [0.05, 0.1) is 18.2 Å². The first-order chi connectivity index (χ1) is 5.76. The fourth-order valence-electron chi connectivity index (χ4n) is 1.82. The normalized spacial score (nSPS) is 36.3. The van der Waals surface area contributed by atoms with Crippen LogP contribution in [0.25, 0.3) is 0 Å². The molecule has 1 fully saturated rings. The minimum Gasteiger partial charge on any atom is -0.375 e. The molecule has 2 unspecified atom stereocenters. The van der Waals surface area contributed by atoms with Gasteiger partial charge in [0.1, 0.15) is 0 Å². The quantitative estimate of drug-likeness (QED) is 0.612. The van der Waals surface area contributed by atoms with E-state index in [1.807, 2.05) is 6.92 Å². The fraction of sp³-hybridized carbons (Fsp3) is 1.00. The van der Waals surface area contributed by atoms with Crippen molar-refractivity contribution in [3.63, 3.8) is 0 Å². The molecule has 1 saturated heterocycles. The monoisotopic (exact) mass is 171 g/mol. The topological polar surface area (TPSA) is 38.7 Å². The molecule has 0 N–H and O–H groups in total. The van der Waals surface area contributed by atoms with Crippen LogP contribution < -0.4 is 0 Å². The Bertz CT molecular complexity index is 149. The van der Waals surface area contributed by atoms with Gasteiger partial charge >= 0.3 is 0 Å². The lowest BCUT2D eigenvalue weighted by Gasteiger charge is -2.30. The molecule has 1 aliphatic rings. The summed E-state index contributed by atoms with van der Waals surface area (Å²) in [5, 5.41) is 3.10. The molecular formula is C9H17NO2. The molecule has 0 amide bonds. The summed E-state index contributed by atoms with van der Waals surface area (Å²) >= 11 is 0. The molecule has 3 atom stereocenters. The first-order valence-corrected chi connectivity index (χ1v) is 4.74. The van der Waals surface area contributed by atoms with Gasteiger partial charge in [-0.1, -0.05) is 18.5 Å². The van der Waals surface area contributed by atoms with Crippen LogP contribution in [-0.2, 0) is 4.74 Å². The lowest BCUT2D eigenvalue weighted by atomic mass is 9.97. The Balaban J connectivity index is 2.39.